The van der Waals surface area contributed by atoms with Gasteiger partial charge in [-0.3, -0.25) is 19.1 Å². The number of rotatable bonds is 5. The number of aromatic nitrogens is 2. The molecule has 8 nitrogen and oxygen atoms in total. The topological polar surface area (TPSA) is 76.9 Å². The Labute approximate surface area is 186 Å². The number of nitrogens with zero attached hydrogens (tertiary/aromatic N) is 4. The smallest absolute Gasteiger partial charge is 0.261 e. The Morgan fingerprint density at radius 3 is 2.66 bits per heavy atom. The molecule has 0 radical (unpaired) electrons. The summed E-state index contributed by atoms with van der Waals surface area (Å²) in [6.07, 6.45) is 2.04. The quantitative estimate of drug-likeness (QED) is 0.614. The molecule has 32 heavy (non-hydrogen) atoms. The molecule has 2 aliphatic heterocycles. The monoisotopic (exact) mass is 434 g/mol. The number of hydrogen-bond acceptors (Lipinski definition) is 6. The first-order valence-electron chi connectivity index (χ1n) is 11.0. The summed E-state index contributed by atoms with van der Waals surface area (Å²) < 4.78 is 12.3. The van der Waals surface area contributed by atoms with Crippen molar-refractivity contribution < 1.29 is 14.3 Å². The molecule has 1 aromatic heterocycles. The van der Waals surface area contributed by atoms with Gasteiger partial charge in [0.25, 0.3) is 5.56 Å². The van der Waals surface area contributed by atoms with E-state index >= 15 is 0 Å². The normalized spacial score (nSPS) is 17.0. The average molecular weight is 434 g/mol. The minimum Gasteiger partial charge on any atom is -0.454 e. The predicted molar refractivity (Wildman–Crippen MR) is 120 cm³/mol. The Hall–Kier alpha value is -3.39. The van der Waals surface area contributed by atoms with Crippen LogP contribution < -0.4 is 15.0 Å². The number of carbonyl (C=O) groups excluding carboxylic acids is 1. The molecule has 166 valence electrons. The van der Waals surface area contributed by atoms with Crippen LogP contribution in [0.4, 0.5) is 0 Å². The van der Waals surface area contributed by atoms with Crippen molar-refractivity contribution >= 4 is 16.8 Å². The Morgan fingerprint density at radius 1 is 1.06 bits per heavy atom. The summed E-state index contributed by atoms with van der Waals surface area (Å²) in [6.45, 7) is 5.83. The number of para-hydroxylation sites is 1. The zero-order valence-corrected chi connectivity index (χ0v) is 18.1. The number of fused-ring (bicyclic) bond motifs is 2. The highest BCUT2D eigenvalue weighted by atomic mass is 16.7. The van der Waals surface area contributed by atoms with E-state index in [1.54, 1.807) is 6.07 Å². The van der Waals surface area contributed by atoms with Gasteiger partial charge in [-0.1, -0.05) is 25.1 Å². The molecule has 0 aliphatic carbocycles. The zero-order valence-electron chi connectivity index (χ0n) is 18.1. The molecule has 1 unspecified atom stereocenters. The Morgan fingerprint density at radius 2 is 1.84 bits per heavy atom. The van der Waals surface area contributed by atoms with Crippen LogP contribution in [0.15, 0.2) is 53.6 Å². The number of piperazine rings is 1. The second-order valence-corrected chi connectivity index (χ2v) is 8.19. The van der Waals surface area contributed by atoms with Crippen LogP contribution in [-0.2, 0) is 11.3 Å². The molecule has 3 heterocycles. The van der Waals surface area contributed by atoms with Crippen LogP contribution in [-0.4, -0.2) is 58.2 Å². The molecular weight excluding hydrogens is 408 g/mol. The van der Waals surface area contributed by atoms with E-state index in [9.17, 15) is 9.59 Å². The molecule has 1 atom stereocenters. The van der Waals surface area contributed by atoms with Crippen molar-refractivity contribution in [1.29, 1.82) is 0 Å². The van der Waals surface area contributed by atoms with Gasteiger partial charge in [0.2, 0.25) is 12.7 Å². The van der Waals surface area contributed by atoms with E-state index < -0.39 is 6.04 Å². The van der Waals surface area contributed by atoms with Crippen molar-refractivity contribution in [2.75, 3.05) is 33.0 Å². The van der Waals surface area contributed by atoms with Crippen molar-refractivity contribution in [3.8, 4) is 11.5 Å². The highest BCUT2D eigenvalue weighted by Crippen LogP contribution is 2.32. The van der Waals surface area contributed by atoms with Crippen molar-refractivity contribution in [2.24, 2.45) is 0 Å². The van der Waals surface area contributed by atoms with Crippen LogP contribution in [0, 0.1) is 0 Å². The van der Waals surface area contributed by atoms with Gasteiger partial charge in [-0.15, -0.1) is 0 Å². The fraction of sp³-hybridized carbons (Fsp3) is 0.375. The lowest BCUT2D eigenvalue weighted by atomic mass is 10.1. The largest absolute Gasteiger partial charge is 0.454 e. The molecule has 0 N–H and O–H groups in total. The van der Waals surface area contributed by atoms with Crippen molar-refractivity contribution in [3.05, 3.63) is 64.7 Å². The number of carbonyl (C=O) groups is 1. The molecule has 2 aliphatic rings. The molecule has 1 fully saturated rings. The van der Waals surface area contributed by atoms with Gasteiger partial charge in [0.05, 0.1) is 17.2 Å². The van der Waals surface area contributed by atoms with Crippen molar-refractivity contribution in [1.82, 2.24) is 19.4 Å². The summed E-state index contributed by atoms with van der Waals surface area (Å²) in [4.78, 5) is 34.9. The van der Waals surface area contributed by atoms with E-state index in [1.165, 1.54) is 10.9 Å². The van der Waals surface area contributed by atoms with Crippen molar-refractivity contribution in [2.45, 2.75) is 25.9 Å². The van der Waals surface area contributed by atoms with Gasteiger partial charge in [0.15, 0.2) is 11.5 Å². The lowest BCUT2D eigenvalue weighted by molar-refractivity contribution is -0.136. The third kappa shape index (κ3) is 3.82. The lowest BCUT2D eigenvalue weighted by Crippen LogP contribution is -2.50. The van der Waals surface area contributed by atoms with E-state index in [1.807, 2.05) is 42.2 Å². The molecule has 3 aromatic rings. The maximum atomic E-state index is 13.3. The lowest BCUT2D eigenvalue weighted by Gasteiger charge is -2.36. The molecule has 1 saturated heterocycles. The molecule has 0 spiro atoms. The molecule has 0 bridgehead atoms. The first-order valence-corrected chi connectivity index (χ1v) is 11.0. The summed E-state index contributed by atoms with van der Waals surface area (Å²) in [6, 6.07) is 12.7. The molecule has 5 rings (SSSR count). The van der Waals surface area contributed by atoms with Crippen LogP contribution in [0.5, 0.6) is 11.5 Å². The second kappa shape index (κ2) is 8.63. The molecule has 8 heteroatoms. The van der Waals surface area contributed by atoms with Gasteiger partial charge < -0.3 is 14.4 Å². The van der Waals surface area contributed by atoms with Gasteiger partial charge in [-0.25, -0.2) is 4.98 Å². The summed E-state index contributed by atoms with van der Waals surface area (Å²) in [5, 5.41) is 0.537. The molecule has 0 saturated carbocycles. The van der Waals surface area contributed by atoms with Gasteiger partial charge in [-0.2, -0.15) is 0 Å². The maximum absolute atomic E-state index is 13.3. The fourth-order valence-corrected chi connectivity index (χ4v) is 4.43. The molecule has 1 amide bonds. The zero-order chi connectivity index (χ0) is 22.1. The van der Waals surface area contributed by atoms with Crippen LogP contribution in [0.1, 0.15) is 24.9 Å². The Balaban J connectivity index is 1.25. The number of benzene rings is 2. The minimum atomic E-state index is -0.542. The summed E-state index contributed by atoms with van der Waals surface area (Å²) in [5.41, 5.74) is 1.64. The van der Waals surface area contributed by atoms with E-state index in [0.717, 1.165) is 36.7 Å². The molecule has 2 aromatic carbocycles. The van der Waals surface area contributed by atoms with Gasteiger partial charge in [0.1, 0.15) is 6.04 Å². The van der Waals surface area contributed by atoms with Gasteiger partial charge in [0, 0.05) is 32.7 Å². The first kappa shape index (κ1) is 20.5. The predicted octanol–water partition coefficient (Wildman–Crippen LogP) is 2.42. The standard InChI is InChI=1S/C24H26N4O4/c1-2-20(28-15-25-19-6-4-3-5-18(19)23(28)29)24(30)27-11-9-26(10-12-27)14-17-7-8-21-22(13-17)32-16-31-21/h3-8,13,15,20H,2,9-12,14,16H2,1H3. The van der Waals surface area contributed by atoms with E-state index in [-0.39, 0.29) is 18.3 Å². The third-order valence-electron chi connectivity index (χ3n) is 6.22. The minimum absolute atomic E-state index is 0.0191. The third-order valence-corrected chi connectivity index (χ3v) is 6.22. The maximum Gasteiger partial charge on any atom is 0.261 e. The van der Waals surface area contributed by atoms with E-state index in [4.69, 9.17) is 9.47 Å². The number of amides is 1. The first-order chi connectivity index (χ1) is 15.6. The van der Waals surface area contributed by atoms with Crippen LogP contribution in [0.2, 0.25) is 0 Å². The van der Waals surface area contributed by atoms with Crippen LogP contribution in [0.25, 0.3) is 10.9 Å². The summed E-state index contributed by atoms with van der Waals surface area (Å²) in [7, 11) is 0. The summed E-state index contributed by atoms with van der Waals surface area (Å²) in [5.74, 6) is 1.55. The number of ether oxygens (including phenoxy) is 2. The summed E-state index contributed by atoms with van der Waals surface area (Å²) >= 11 is 0. The number of hydrogen-bond donors (Lipinski definition) is 0. The molecular formula is C24H26N4O4. The average Bonchev–Trinajstić information content (AvgIpc) is 3.29. The van der Waals surface area contributed by atoms with E-state index in [0.29, 0.717) is 30.4 Å². The fourth-order valence-electron chi connectivity index (χ4n) is 4.43. The Kier molecular flexibility index (Phi) is 5.53. The van der Waals surface area contributed by atoms with Crippen LogP contribution in [0.3, 0.4) is 0 Å². The second-order valence-electron chi connectivity index (χ2n) is 8.19. The van der Waals surface area contributed by atoms with Gasteiger partial charge >= 0.3 is 0 Å². The van der Waals surface area contributed by atoms with Crippen LogP contribution >= 0.6 is 0 Å². The van der Waals surface area contributed by atoms with Crippen molar-refractivity contribution in [3.63, 3.8) is 0 Å². The SMILES string of the molecule is CCC(C(=O)N1CCN(Cc2ccc3c(c2)OCO3)CC1)n1cnc2ccccc2c1=O. The van der Waals surface area contributed by atoms with E-state index in [2.05, 4.69) is 16.0 Å². The highest BCUT2D eigenvalue weighted by molar-refractivity contribution is 5.82. The Bertz CT molecular complexity index is 1200. The van der Waals surface area contributed by atoms with Gasteiger partial charge in [-0.05, 0) is 36.2 Å². The highest BCUT2D eigenvalue weighted by Gasteiger charge is 2.29.